The maximum atomic E-state index is 11.3. The Balaban J connectivity index is 2.06. The number of esters is 2. The van der Waals surface area contributed by atoms with Crippen LogP contribution < -0.4 is 9.47 Å². The standard InChI is InChI=1S/C29H37ClO7/c1-19(2)36-26(15-30)16-35-28-13-10-24(14-20(28)3)29(6,7)23-8-11-25(12-9-23)34-18-27(37-22(5)32)17-33-21(4)31/h8-14,26-27H,1,15-18H2,2-7H3/t26-,27-/m0/s1. The second kappa shape index (κ2) is 13.9. The number of rotatable bonds is 14. The van der Waals surface area contributed by atoms with Crippen LogP contribution in [0.2, 0.25) is 0 Å². The van der Waals surface area contributed by atoms with E-state index in [0.29, 0.717) is 24.0 Å². The van der Waals surface area contributed by atoms with Crippen molar-refractivity contribution in [3.05, 3.63) is 71.5 Å². The minimum atomic E-state index is -0.687. The summed E-state index contributed by atoms with van der Waals surface area (Å²) >= 11 is 5.97. The summed E-state index contributed by atoms with van der Waals surface area (Å²) in [7, 11) is 0. The Morgan fingerprint density at radius 3 is 2.03 bits per heavy atom. The smallest absolute Gasteiger partial charge is 0.303 e. The fraction of sp³-hybridized carbons (Fsp3) is 0.448. The van der Waals surface area contributed by atoms with Crippen molar-refractivity contribution in [2.75, 3.05) is 25.7 Å². The average Bonchev–Trinajstić information content (AvgIpc) is 2.83. The lowest BCUT2D eigenvalue weighted by Gasteiger charge is -2.27. The van der Waals surface area contributed by atoms with Crippen LogP contribution in [0, 0.1) is 6.92 Å². The first-order valence-corrected chi connectivity index (χ1v) is 12.6. The predicted octanol–water partition coefficient (Wildman–Crippen LogP) is 5.73. The van der Waals surface area contributed by atoms with Gasteiger partial charge in [0.2, 0.25) is 0 Å². The third-order valence-electron chi connectivity index (χ3n) is 5.68. The number of halogens is 1. The first-order valence-electron chi connectivity index (χ1n) is 12.1. The Kier molecular flexibility index (Phi) is 11.3. The summed E-state index contributed by atoms with van der Waals surface area (Å²) < 4.78 is 27.4. The molecule has 7 nitrogen and oxygen atoms in total. The predicted molar refractivity (Wildman–Crippen MR) is 143 cm³/mol. The van der Waals surface area contributed by atoms with Crippen molar-refractivity contribution in [3.8, 4) is 11.5 Å². The van der Waals surface area contributed by atoms with Gasteiger partial charge in [0.15, 0.2) is 6.10 Å². The van der Waals surface area contributed by atoms with Gasteiger partial charge in [-0.2, -0.15) is 0 Å². The molecule has 202 valence electrons. The van der Waals surface area contributed by atoms with Crippen LogP contribution in [-0.2, 0) is 29.2 Å². The molecule has 37 heavy (non-hydrogen) atoms. The molecule has 0 heterocycles. The summed E-state index contributed by atoms with van der Waals surface area (Å²) in [5, 5.41) is 0. The molecule has 0 amide bonds. The van der Waals surface area contributed by atoms with Crippen molar-refractivity contribution in [3.63, 3.8) is 0 Å². The number of allylic oxidation sites excluding steroid dienone is 1. The van der Waals surface area contributed by atoms with Gasteiger partial charge in [-0.25, -0.2) is 0 Å². The minimum absolute atomic E-state index is 0.0630. The third-order valence-corrected chi connectivity index (χ3v) is 6.02. The fourth-order valence-electron chi connectivity index (χ4n) is 3.66. The molecule has 0 fully saturated rings. The van der Waals surface area contributed by atoms with Gasteiger partial charge in [0.25, 0.3) is 0 Å². The molecule has 2 aromatic rings. The maximum absolute atomic E-state index is 11.3. The van der Waals surface area contributed by atoms with Gasteiger partial charge in [0.05, 0.1) is 11.6 Å². The van der Waals surface area contributed by atoms with E-state index in [-0.39, 0.29) is 24.7 Å². The van der Waals surface area contributed by atoms with E-state index in [1.54, 1.807) is 6.92 Å². The van der Waals surface area contributed by atoms with Crippen LogP contribution in [0.1, 0.15) is 51.3 Å². The fourth-order valence-corrected chi connectivity index (χ4v) is 3.81. The van der Waals surface area contributed by atoms with Crippen molar-refractivity contribution >= 4 is 23.5 Å². The summed E-state index contributed by atoms with van der Waals surface area (Å²) in [4.78, 5) is 22.4. The van der Waals surface area contributed by atoms with Crippen molar-refractivity contribution in [2.45, 2.75) is 59.2 Å². The second-order valence-corrected chi connectivity index (χ2v) is 9.69. The molecule has 0 aliphatic carbocycles. The summed E-state index contributed by atoms with van der Waals surface area (Å²) in [5.74, 6) is 1.39. The molecule has 0 aromatic heterocycles. The highest BCUT2D eigenvalue weighted by Gasteiger charge is 2.24. The van der Waals surface area contributed by atoms with Crippen LogP contribution >= 0.6 is 11.6 Å². The van der Waals surface area contributed by atoms with E-state index in [9.17, 15) is 9.59 Å². The van der Waals surface area contributed by atoms with Gasteiger partial charge in [-0.15, -0.1) is 11.6 Å². The monoisotopic (exact) mass is 532 g/mol. The van der Waals surface area contributed by atoms with Crippen molar-refractivity contribution in [2.24, 2.45) is 0 Å². The van der Waals surface area contributed by atoms with Crippen LogP contribution in [0.5, 0.6) is 11.5 Å². The average molecular weight is 533 g/mol. The molecular formula is C29H37ClO7. The minimum Gasteiger partial charge on any atom is -0.491 e. The van der Waals surface area contributed by atoms with Crippen LogP contribution in [0.4, 0.5) is 0 Å². The molecule has 2 atom stereocenters. The highest BCUT2D eigenvalue weighted by Crippen LogP contribution is 2.34. The summed E-state index contributed by atoms with van der Waals surface area (Å²) in [6.45, 7) is 14.8. The molecule has 8 heteroatoms. The number of hydrogen-bond acceptors (Lipinski definition) is 7. The van der Waals surface area contributed by atoms with E-state index in [1.165, 1.54) is 13.8 Å². The molecule has 0 spiro atoms. The van der Waals surface area contributed by atoms with E-state index in [2.05, 4.69) is 32.6 Å². The summed E-state index contributed by atoms with van der Waals surface area (Å²) in [6.07, 6.45) is -0.949. The Hall–Kier alpha value is -3.19. The van der Waals surface area contributed by atoms with Crippen LogP contribution in [-0.4, -0.2) is 49.8 Å². The van der Waals surface area contributed by atoms with E-state index in [0.717, 1.165) is 22.4 Å². The first-order chi connectivity index (χ1) is 17.4. The lowest BCUT2D eigenvalue weighted by Crippen LogP contribution is -2.29. The lowest BCUT2D eigenvalue weighted by molar-refractivity contribution is -0.158. The van der Waals surface area contributed by atoms with Gasteiger partial charge in [-0.3, -0.25) is 9.59 Å². The van der Waals surface area contributed by atoms with E-state index in [1.807, 2.05) is 37.3 Å². The zero-order valence-electron chi connectivity index (χ0n) is 22.5. The molecule has 2 rings (SSSR count). The molecular weight excluding hydrogens is 496 g/mol. The molecule has 0 aliphatic rings. The van der Waals surface area contributed by atoms with E-state index < -0.39 is 18.0 Å². The number of benzene rings is 2. The number of ether oxygens (including phenoxy) is 5. The Morgan fingerprint density at radius 2 is 1.49 bits per heavy atom. The molecule has 0 aliphatic heterocycles. The summed E-state index contributed by atoms with van der Waals surface area (Å²) in [6, 6.07) is 13.9. The molecule has 0 radical (unpaired) electrons. The van der Waals surface area contributed by atoms with Crippen LogP contribution in [0.25, 0.3) is 0 Å². The first kappa shape index (κ1) is 30.0. The van der Waals surface area contributed by atoms with Gasteiger partial charge < -0.3 is 23.7 Å². The largest absolute Gasteiger partial charge is 0.491 e. The lowest BCUT2D eigenvalue weighted by atomic mass is 9.77. The second-order valence-electron chi connectivity index (χ2n) is 9.38. The summed E-state index contributed by atoms with van der Waals surface area (Å²) in [5.41, 5.74) is 2.97. The van der Waals surface area contributed by atoms with Crippen LogP contribution in [0.3, 0.4) is 0 Å². The number of carbonyl (C=O) groups excluding carboxylic acids is 2. The highest BCUT2D eigenvalue weighted by atomic mass is 35.5. The number of alkyl halides is 1. The molecule has 0 unspecified atom stereocenters. The van der Waals surface area contributed by atoms with Gasteiger partial charge in [-0.1, -0.05) is 44.7 Å². The van der Waals surface area contributed by atoms with Crippen molar-refractivity contribution in [1.29, 1.82) is 0 Å². The number of carbonyl (C=O) groups is 2. The van der Waals surface area contributed by atoms with Gasteiger partial charge in [0.1, 0.15) is 37.4 Å². The molecule has 0 saturated carbocycles. The molecule has 0 bridgehead atoms. The van der Waals surface area contributed by atoms with Crippen molar-refractivity contribution in [1.82, 2.24) is 0 Å². The third kappa shape index (κ3) is 9.65. The Bertz CT molecular complexity index is 1060. The van der Waals surface area contributed by atoms with Crippen molar-refractivity contribution < 1.29 is 33.3 Å². The SMILES string of the molecule is C=C(C)O[C@@H](CCl)COc1ccc(C(C)(C)c2ccc(OC[C@H](COC(C)=O)OC(C)=O)cc2)cc1C. The number of hydrogen-bond donors (Lipinski definition) is 0. The van der Waals surface area contributed by atoms with Gasteiger partial charge in [-0.05, 0) is 48.7 Å². The Labute approximate surface area is 224 Å². The molecule has 0 N–H and O–H groups in total. The normalized spacial score (nSPS) is 12.7. The maximum Gasteiger partial charge on any atom is 0.303 e. The number of aryl methyl sites for hydroxylation is 1. The zero-order valence-corrected chi connectivity index (χ0v) is 23.2. The molecule has 2 aromatic carbocycles. The topological polar surface area (TPSA) is 80.3 Å². The zero-order chi connectivity index (χ0) is 27.6. The van der Waals surface area contributed by atoms with E-state index in [4.69, 9.17) is 35.3 Å². The Morgan fingerprint density at radius 1 is 0.865 bits per heavy atom. The van der Waals surface area contributed by atoms with Gasteiger partial charge >= 0.3 is 11.9 Å². The van der Waals surface area contributed by atoms with Gasteiger partial charge in [0, 0.05) is 19.3 Å². The molecule has 0 saturated heterocycles. The highest BCUT2D eigenvalue weighted by molar-refractivity contribution is 6.18. The van der Waals surface area contributed by atoms with E-state index >= 15 is 0 Å². The quantitative estimate of drug-likeness (QED) is 0.174. The van der Waals surface area contributed by atoms with Crippen LogP contribution in [0.15, 0.2) is 54.8 Å².